The number of hydrogen-bond acceptors (Lipinski definition) is 5. The highest BCUT2D eigenvalue weighted by atomic mass is 16.5. The van der Waals surface area contributed by atoms with Gasteiger partial charge in [-0.05, 0) is 33.6 Å². The minimum absolute atomic E-state index is 0.0774. The number of aromatic amines is 1. The number of nitrogens with one attached hydrogen (secondary N) is 1. The Hall–Kier alpha value is -2.11. The van der Waals surface area contributed by atoms with E-state index in [9.17, 15) is 14.4 Å². The third-order valence-electron chi connectivity index (χ3n) is 3.92. The summed E-state index contributed by atoms with van der Waals surface area (Å²) in [5.41, 5.74) is 1.62. The molecule has 120 valence electrons. The molecule has 1 fully saturated rings. The monoisotopic (exact) mass is 307 g/mol. The van der Waals surface area contributed by atoms with Gasteiger partial charge in [0, 0.05) is 11.4 Å². The number of aromatic nitrogens is 1. The van der Waals surface area contributed by atoms with Gasteiger partial charge in [0.2, 0.25) is 5.78 Å². The van der Waals surface area contributed by atoms with Gasteiger partial charge in [-0.25, -0.2) is 4.79 Å². The van der Waals surface area contributed by atoms with Crippen LogP contribution < -0.4 is 0 Å². The topological polar surface area (TPSA) is 85.5 Å². The summed E-state index contributed by atoms with van der Waals surface area (Å²) in [6, 6.07) is 0. The van der Waals surface area contributed by atoms with Crippen molar-refractivity contribution in [3.05, 3.63) is 22.5 Å². The van der Waals surface area contributed by atoms with E-state index in [1.165, 1.54) is 0 Å². The van der Waals surface area contributed by atoms with E-state index in [1.807, 2.05) is 0 Å². The van der Waals surface area contributed by atoms with Crippen LogP contribution >= 0.6 is 0 Å². The molecule has 0 aromatic carbocycles. The van der Waals surface area contributed by atoms with Gasteiger partial charge in [0.15, 0.2) is 6.61 Å². The maximum Gasteiger partial charge on any atom is 0.340 e. The van der Waals surface area contributed by atoms with Crippen LogP contribution in [0.1, 0.15) is 58.3 Å². The minimum Gasteiger partial charge on any atom is -0.462 e. The van der Waals surface area contributed by atoms with Crippen LogP contribution in [0.2, 0.25) is 0 Å². The van der Waals surface area contributed by atoms with Crippen molar-refractivity contribution in [1.82, 2.24) is 4.98 Å². The molecule has 0 unspecified atom stereocenters. The lowest BCUT2D eigenvalue weighted by Gasteiger charge is -2.22. The average Bonchev–Trinajstić information content (AvgIpc) is 2.69. The lowest BCUT2D eigenvalue weighted by atomic mass is 9.86. The predicted octanol–water partition coefficient (Wildman–Crippen LogP) is 2.33. The first-order valence-corrected chi connectivity index (χ1v) is 7.51. The number of carbonyl (C=O) groups excluding carboxylic acids is 3. The Balaban J connectivity index is 2.11. The van der Waals surface area contributed by atoms with Crippen molar-refractivity contribution >= 4 is 17.7 Å². The highest BCUT2D eigenvalue weighted by Gasteiger charge is 2.29. The first kappa shape index (κ1) is 16.3. The number of H-pyrrole nitrogens is 1. The molecule has 6 heteroatoms. The fourth-order valence-corrected chi connectivity index (χ4v) is 2.56. The van der Waals surface area contributed by atoms with Crippen LogP contribution in [0.25, 0.3) is 0 Å². The number of Topliss-reactive ketones (excluding diaryl/α,β-unsaturated/α-hetero) is 1. The highest BCUT2D eigenvalue weighted by molar-refractivity contribution is 6.09. The standard InChI is InChI=1S/C16H21NO5/c1-4-21-16(20)14-10(3)17-9(2)13(14)12(18)8-22-15(19)11-6-5-7-11/h11,17H,4-8H2,1-3H3. The van der Waals surface area contributed by atoms with Gasteiger partial charge in [0.1, 0.15) is 0 Å². The quantitative estimate of drug-likeness (QED) is 0.644. The Labute approximate surface area is 129 Å². The molecule has 0 aliphatic heterocycles. The number of carbonyl (C=O) groups is 3. The molecule has 1 aliphatic rings. The minimum atomic E-state index is -0.544. The molecule has 22 heavy (non-hydrogen) atoms. The number of aryl methyl sites for hydroxylation is 2. The van der Waals surface area contributed by atoms with E-state index in [4.69, 9.17) is 9.47 Å². The van der Waals surface area contributed by atoms with Gasteiger partial charge in [-0.15, -0.1) is 0 Å². The van der Waals surface area contributed by atoms with Crippen molar-refractivity contribution in [2.75, 3.05) is 13.2 Å². The lowest BCUT2D eigenvalue weighted by molar-refractivity contribution is -0.150. The summed E-state index contributed by atoms with van der Waals surface area (Å²) < 4.78 is 10.1. The fourth-order valence-electron chi connectivity index (χ4n) is 2.56. The number of ether oxygens (including phenoxy) is 2. The predicted molar refractivity (Wildman–Crippen MR) is 78.9 cm³/mol. The Morgan fingerprint density at radius 1 is 1.09 bits per heavy atom. The number of ketones is 1. The second-order valence-electron chi connectivity index (χ2n) is 5.50. The van der Waals surface area contributed by atoms with E-state index in [1.54, 1.807) is 20.8 Å². The maximum atomic E-state index is 12.3. The molecule has 0 atom stereocenters. The average molecular weight is 307 g/mol. The van der Waals surface area contributed by atoms with E-state index in [0.717, 1.165) is 19.3 Å². The molecule has 1 N–H and O–H groups in total. The van der Waals surface area contributed by atoms with Gasteiger partial charge in [-0.3, -0.25) is 9.59 Å². The molecular weight excluding hydrogens is 286 g/mol. The zero-order valence-electron chi connectivity index (χ0n) is 13.2. The van der Waals surface area contributed by atoms with E-state index in [-0.39, 0.29) is 36.2 Å². The van der Waals surface area contributed by atoms with Crippen LogP contribution in [0.4, 0.5) is 0 Å². The summed E-state index contributed by atoms with van der Waals surface area (Å²) in [6.45, 7) is 4.99. The summed E-state index contributed by atoms with van der Waals surface area (Å²) in [5.74, 6) is -1.34. The molecule has 1 heterocycles. The van der Waals surface area contributed by atoms with E-state index < -0.39 is 11.8 Å². The van der Waals surface area contributed by atoms with Gasteiger partial charge < -0.3 is 14.5 Å². The lowest BCUT2D eigenvalue weighted by Crippen LogP contribution is -2.26. The molecule has 0 amide bonds. The van der Waals surface area contributed by atoms with Crippen LogP contribution in [-0.2, 0) is 14.3 Å². The number of esters is 2. The second-order valence-corrected chi connectivity index (χ2v) is 5.50. The summed E-state index contributed by atoms with van der Waals surface area (Å²) >= 11 is 0. The zero-order chi connectivity index (χ0) is 16.3. The molecule has 1 aromatic heterocycles. The molecule has 0 saturated heterocycles. The third kappa shape index (κ3) is 3.21. The zero-order valence-corrected chi connectivity index (χ0v) is 13.2. The first-order chi connectivity index (χ1) is 10.5. The van der Waals surface area contributed by atoms with Crippen LogP contribution in [0, 0.1) is 19.8 Å². The molecule has 0 radical (unpaired) electrons. The van der Waals surface area contributed by atoms with E-state index >= 15 is 0 Å². The third-order valence-corrected chi connectivity index (χ3v) is 3.92. The van der Waals surface area contributed by atoms with E-state index in [2.05, 4.69) is 4.98 Å². The molecule has 1 saturated carbocycles. The van der Waals surface area contributed by atoms with Crippen LogP contribution in [0.15, 0.2) is 0 Å². The maximum absolute atomic E-state index is 12.3. The molecule has 0 spiro atoms. The van der Waals surface area contributed by atoms with Crippen molar-refractivity contribution in [3.63, 3.8) is 0 Å². The Kier molecular flexibility index (Phi) is 5.00. The van der Waals surface area contributed by atoms with E-state index in [0.29, 0.717) is 11.4 Å². The first-order valence-electron chi connectivity index (χ1n) is 7.51. The van der Waals surface area contributed by atoms with Crippen LogP contribution in [0.5, 0.6) is 0 Å². The summed E-state index contributed by atoms with van der Waals surface area (Å²) in [5, 5.41) is 0. The molecular formula is C16H21NO5. The SMILES string of the molecule is CCOC(=O)c1c(C)[nH]c(C)c1C(=O)COC(=O)C1CCC1. The largest absolute Gasteiger partial charge is 0.462 e. The normalized spacial score (nSPS) is 14.3. The van der Waals surface area contributed by atoms with Crippen molar-refractivity contribution in [2.24, 2.45) is 5.92 Å². The summed E-state index contributed by atoms with van der Waals surface area (Å²) in [4.78, 5) is 39.0. The van der Waals surface area contributed by atoms with Crippen molar-refractivity contribution < 1.29 is 23.9 Å². The Morgan fingerprint density at radius 2 is 1.73 bits per heavy atom. The summed E-state index contributed by atoms with van der Waals surface area (Å²) in [6.07, 6.45) is 2.67. The molecule has 0 bridgehead atoms. The Bertz CT molecular complexity index is 598. The highest BCUT2D eigenvalue weighted by Crippen LogP contribution is 2.27. The van der Waals surface area contributed by atoms with Gasteiger partial charge in [-0.2, -0.15) is 0 Å². The van der Waals surface area contributed by atoms with Gasteiger partial charge in [0.05, 0.1) is 23.7 Å². The molecule has 1 aromatic rings. The molecule has 6 nitrogen and oxygen atoms in total. The van der Waals surface area contributed by atoms with Crippen molar-refractivity contribution in [1.29, 1.82) is 0 Å². The molecule has 2 rings (SSSR count). The smallest absolute Gasteiger partial charge is 0.340 e. The van der Waals surface area contributed by atoms with Crippen molar-refractivity contribution in [2.45, 2.75) is 40.0 Å². The van der Waals surface area contributed by atoms with Crippen LogP contribution in [0.3, 0.4) is 0 Å². The van der Waals surface area contributed by atoms with Crippen LogP contribution in [-0.4, -0.2) is 35.9 Å². The van der Waals surface area contributed by atoms with Crippen molar-refractivity contribution in [3.8, 4) is 0 Å². The fraction of sp³-hybridized carbons (Fsp3) is 0.562. The van der Waals surface area contributed by atoms with Gasteiger partial charge >= 0.3 is 11.9 Å². The second kappa shape index (κ2) is 6.77. The number of hydrogen-bond donors (Lipinski definition) is 1. The Morgan fingerprint density at radius 3 is 2.27 bits per heavy atom. The van der Waals surface area contributed by atoms with Gasteiger partial charge in [0.25, 0.3) is 0 Å². The van der Waals surface area contributed by atoms with Gasteiger partial charge in [-0.1, -0.05) is 6.42 Å². The molecule has 1 aliphatic carbocycles. The summed E-state index contributed by atoms with van der Waals surface area (Å²) in [7, 11) is 0. The number of rotatable bonds is 6.